The highest BCUT2D eigenvalue weighted by Crippen LogP contribution is 2.29. The Morgan fingerprint density at radius 2 is 2.29 bits per heavy atom. The van der Waals surface area contributed by atoms with E-state index in [0.717, 1.165) is 36.2 Å². The van der Waals surface area contributed by atoms with Gasteiger partial charge in [0.25, 0.3) is 12.2 Å². The van der Waals surface area contributed by atoms with Gasteiger partial charge in [0.1, 0.15) is 5.69 Å². The molecule has 17 heavy (non-hydrogen) atoms. The molecule has 92 valence electrons. The Morgan fingerprint density at radius 1 is 1.59 bits per heavy atom. The van der Waals surface area contributed by atoms with Gasteiger partial charge < -0.3 is 15.5 Å². The van der Waals surface area contributed by atoms with Crippen molar-refractivity contribution in [3.63, 3.8) is 0 Å². The number of aliphatic imine (C=N–C) groups is 1. The van der Waals surface area contributed by atoms with E-state index in [1.807, 2.05) is 0 Å². The van der Waals surface area contributed by atoms with Crippen molar-refractivity contribution in [2.24, 2.45) is 10.7 Å². The van der Waals surface area contributed by atoms with Crippen LogP contribution in [0, 0.1) is 0 Å². The lowest BCUT2D eigenvalue weighted by atomic mass is 9.97. The smallest absolute Gasteiger partial charge is 0.280 e. The molecule has 0 atom stereocenters. The molecule has 0 amide bonds. The van der Waals surface area contributed by atoms with Crippen molar-refractivity contribution in [3.05, 3.63) is 21.9 Å². The number of nitrogens with zero attached hydrogens (tertiary/aromatic N) is 1. The highest BCUT2D eigenvalue weighted by molar-refractivity contribution is 9.10. The number of aromatic amines is 1. The number of hydrogen-bond donors (Lipinski definition) is 3. The van der Waals surface area contributed by atoms with Gasteiger partial charge in [0.05, 0.1) is 0 Å². The number of nitrogens with two attached hydrogens (primary N) is 2. The Hall–Kier alpha value is -1.14. The maximum Gasteiger partial charge on any atom is 0.280 e. The summed E-state index contributed by atoms with van der Waals surface area (Å²) < 4.78 is 6.27. The normalized spacial score (nSPS) is 18.3. The van der Waals surface area contributed by atoms with E-state index in [2.05, 4.69) is 32.0 Å². The summed E-state index contributed by atoms with van der Waals surface area (Å²) in [5.74, 6) is 0.890. The first-order valence-electron chi connectivity index (χ1n) is 5.55. The maximum absolute atomic E-state index is 5.80. The summed E-state index contributed by atoms with van der Waals surface area (Å²) in [4.78, 5) is 7.18. The van der Waals surface area contributed by atoms with Crippen molar-refractivity contribution in [2.45, 2.75) is 18.8 Å². The van der Waals surface area contributed by atoms with Gasteiger partial charge in [-0.3, -0.25) is 5.41 Å². The molecule has 0 radical (unpaired) electrons. The molecule has 1 fully saturated rings. The van der Waals surface area contributed by atoms with E-state index in [1.165, 1.54) is 12.0 Å². The van der Waals surface area contributed by atoms with Crippen molar-refractivity contribution in [1.82, 2.24) is 4.98 Å². The standard InChI is InChI=1S/C11H15BrN4O/c12-8-5-9(7-1-3-17-4-2-7)16-10(8)11(14)15-6-13/h5-7,16H,1-4H2,(H3,13,14,15)/p+1. The highest BCUT2D eigenvalue weighted by atomic mass is 79.9. The molecule has 0 aliphatic carbocycles. The number of nitrogens with one attached hydrogen (secondary N) is 1. The fourth-order valence-electron chi connectivity index (χ4n) is 2.01. The van der Waals surface area contributed by atoms with E-state index in [0.29, 0.717) is 11.8 Å². The fraction of sp³-hybridized carbons (Fsp3) is 0.455. The van der Waals surface area contributed by atoms with Crippen LogP contribution in [0.4, 0.5) is 0 Å². The number of H-pyrrole nitrogens is 1. The molecule has 1 aromatic heterocycles. The van der Waals surface area contributed by atoms with E-state index in [1.54, 1.807) is 0 Å². The van der Waals surface area contributed by atoms with Crippen LogP contribution < -0.4 is 11.1 Å². The lowest BCUT2D eigenvalue weighted by Gasteiger charge is -2.20. The van der Waals surface area contributed by atoms with Crippen LogP contribution >= 0.6 is 15.9 Å². The Kier molecular flexibility index (Phi) is 3.96. The average molecular weight is 300 g/mol. The van der Waals surface area contributed by atoms with Crippen molar-refractivity contribution < 1.29 is 10.1 Å². The first kappa shape index (κ1) is 12.3. The molecule has 0 spiro atoms. The summed E-state index contributed by atoms with van der Waals surface area (Å²) in [7, 11) is 0. The van der Waals surface area contributed by atoms with E-state index in [-0.39, 0.29) is 0 Å². The van der Waals surface area contributed by atoms with Gasteiger partial charge in [-0.1, -0.05) is 0 Å². The zero-order chi connectivity index (χ0) is 12.3. The topological polar surface area (TPSA) is 89.0 Å². The number of rotatable bonds is 3. The second kappa shape index (κ2) is 5.46. The molecule has 0 unspecified atom stereocenters. The van der Waals surface area contributed by atoms with E-state index in [4.69, 9.17) is 15.9 Å². The molecular formula is C11H16BrN4O+. The second-order valence-electron chi connectivity index (χ2n) is 4.00. The van der Waals surface area contributed by atoms with Gasteiger partial charge >= 0.3 is 0 Å². The molecule has 1 aromatic rings. The Balaban J connectivity index is 2.23. The SMILES string of the molecule is NC(=NC=[NH2+])c1[nH]c(C2CCOCC2)cc1Br. The summed E-state index contributed by atoms with van der Waals surface area (Å²) in [6.45, 7) is 1.63. The Labute approximate surface area is 108 Å². The van der Waals surface area contributed by atoms with Crippen LogP contribution in [0.15, 0.2) is 15.5 Å². The Morgan fingerprint density at radius 3 is 2.94 bits per heavy atom. The summed E-state index contributed by atoms with van der Waals surface area (Å²) in [5, 5.41) is 5.23. The second-order valence-corrected chi connectivity index (χ2v) is 4.85. The number of halogens is 1. The fourth-order valence-corrected chi connectivity index (χ4v) is 2.56. The lowest BCUT2D eigenvalue weighted by Crippen LogP contribution is -2.30. The number of hydrogen-bond acceptors (Lipinski definition) is 1. The molecule has 1 aliphatic heterocycles. The van der Waals surface area contributed by atoms with Crippen LogP contribution in [0.25, 0.3) is 0 Å². The zero-order valence-corrected chi connectivity index (χ0v) is 11.0. The van der Waals surface area contributed by atoms with Gasteiger partial charge in [-0.05, 0) is 39.8 Å². The van der Waals surface area contributed by atoms with Crippen LogP contribution in [-0.2, 0) is 4.74 Å². The van der Waals surface area contributed by atoms with E-state index >= 15 is 0 Å². The molecule has 6 heteroatoms. The molecule has 1 saturated heterocycles. The molecule has 0 aromatic carbocycles. The van der Waals surface area contributed by atoms with Crippen LogP contribution in [0.5, 0.6) is 0 Å². The molecule has 5 nitrogen and oxygen atoms in total. The number of ether oxygens (including phenoxy) is 1. The zero-order valence-electron chi connectivity index (χ0n) is 9.45. The van der Waals surface area contributed by atoms with Crippen molar-refractivity contribution in [1.29, 1.82) is 0 Å². The minimum atomic E-state index is 0.387. The predicted molar refractivity (Wildman–Crippen MR) is 70.0 cm³/mol. The Bertz CT molecular complexity index is 435. The summed E-state index contributed by atoms with van der Waals surface area (Å²) in [5.41, 5.74) is 7.76. The van der Waals surface area contributed by atoms with Crippen LogP contribution in [0.2, 0.25) is 0 Å². The largest absolute Gasteiger partial charge is 0.381 e. The first-order valence-corrected chi connectivity index (χ1v) is 6.35. The molecule has 0 bridgehead atoms. The molecule has 1 aliphatic rings. The van der Waals surface area contributed by atoms with Crippen LogP contribution in [0.3, 0.4) is 0 Å². The quantitative estimate of drug-likeness (QED) is 0.548. The summed E-state index contributed by atoms with van der Waals surface area (Å²) >= 11 is 3.48. The maximum atomic E-state index is 5.80. The van der Waals surface area contributed by atoms with Gasteiger partial charge in [-0.25, -0.2) is 0 Å². The third kappa shape index (κ3) is 2.76. The van der Waals surface area contributed by atoms with Crippen LogP contribution in [0.1, 0.15) is 30.1 Å². The van der Waals surface area contributed by atoms with Crippen molar-refractivity contribution >= 4 is 28.1 Å². The predicted octanol–water partition coefficient (Wildman–Crippen LogP) is 0.164. The molecule has 2 rings (SSSR count). The van der Waals surface area contributed by atoms with E-state index in [9.17, 15) is 0 Å². The third-order valence-electron chi connectivity index (χ3n) is 2.92. The first-order chi connectivity index (χ1) is 8.22. The minimum absolute atomic E-state index is 0.387. The van der Waals surface area contributed by atoms with Gasteiger partial charge in [-0.2, -0.15) is 0 Å². The van der Waals surface area contributed by atoms with Gasteiger partial charge in [0.2, 0.25) is 0 Å². The molecule has 0 saturated carbocycles. The van der Waals surface area contributed by atoms with Gasteiger partial charge in [-0.15, -0.1) is 0 Å². The average Bonchev–Trinajstić information content (AvgIpc) is 2.73. The third-order valence-corrected chi connectivity index (χ3v) is 3.55. The van der Waals surface area contributed by atoms with Crippen molar-refractivity contribution in [3.8, 4) is 0 Å². The minimum Gasteiger partial charge on any atom is -0.381 e. The van der Waals surface area contributed by atoms with E-state index < -0.39 is 0 Å². The van der Waals surface area contributed by atoms with Gasteiger partial charge in [0.15, 0.2) is 0 Å². The van der Waals surface area contributed by atoms with Gasteiger partial charge in [0, 0.05) is 29.3 Å². The monoisotopic (exact) mass is 299 g/mol. The van der Waals surface area contributed by atoms with Crippen molar-refractivity contribution in [2.75, 3.05) is 13.2 Å². The molecule has 2 heterocycles. The summed E-state index contributed by atoms with van der Waals surface area (Å²) in [6, 6.07) is 2.06. The van der Waals surface area contributed by atoms with Crippen LogP contribution in [-0.4, -0.2) is 30.4 Å². The number of amidine groups is 1. The summed E-state index contributed by atoms with van der Waals surface area (Å²) in [6.07, 6.45) is 3.26. The molecular weight excluding hydrogens is 284 g/mol. The highest BCUT2D eigenvalue weighted by Gasteiger charge is 2.20. The number of aromatic nitrogens is 1. The lowest BCUT2D eigenvalue weighted by molar-refractivity contribution is -0.106. The molecule has 5 N–H and O–H groups in total.